The highest BCUT2D eigenvalue weighted by atomic mass is 35.5. The highest BCUT2D eigenvalue weighted by Crippen LogP contribution is 2.30. The second kappa shape index (κ2) is 6.05. The standard InChI is InChI=1S/C17H8Cl2N4OS/c18-9-1-4-11(5-2-9)24-16-12(8-20)15(21)23-13-6-3-10(19)7-14(13)25-17(23)22-16/h1-7,21H. The minimum Gasteiger partial charge on any atom is -0.437 e. The molecule has 0 radical (unpaired) electrons. The van der Waals surface area contributed by atoms with Gasteiger partial charge in [0.1, 0.15) is 11.8 Å². The van der Waals surface area contributed by atoms with E-state index in [4.69, 9.17) is 33.3 Å². The molecule has 0 aliphatic rings. The van der Waals surface area contributed by atoms with Gasteiger partial charge in [-0.25, -0.2) is 0 Å². The Morgan fingerprint density at radius 2 is 1.84 bits per heavy atom. The van der Waals surface area contributed by atoms with Gasteiger partial charge < -0.3 is 4.74 Å². The molecule has 5 nitrogen and oxygen atoms in total. The first-order valence-electron chi connectivity index (χ1n) is 7.10. The van der Waals surface area contributed by atoms with Crippen LogP contribution in [0, 0.1) is 16.7 Å². The van der Waals surface area contributed by atoms with Crippen LogP contribution in [0.5, 0.6) is 11.6 Å². The number of rotatable bonds is 2. The van der Waals surface area contributed by atoms with Crippen molar-refractivity contribution >= 4 is 49.7 Å². The number of nitrogens with zero attached hydrogens (tertiary/aromatic N) is 3. The maximum atomic E-state index is 9.49. The first-order valence-corrected chi connectivity index (χ1v) is 8.67. The Kier molecular flexibility index (Phi) is 3.85. The molecule has 0 saturated carbocycles. The van der Waals surface area contributed by atoms with Gasteiger partial charge in [-0.05, 0) is 42.5 Å². The van der Waals surface area contributed by atoms with E-state index in [1.165, 1.54) is 11.3 Å². The number of fused-ring (bicyclic) bond motifs is 3. The van der Waals surface area contributed by atoms with Gasteiger partial charge in [-0.3, -0.25) is 9.81 Å². The van der Waals surface area contributed by atoms with Crippen LogP contribution in [0.1, 0.15) is 5.56 Å². The van der Waals surface area contributed by atoms with Crippen molar-refractivity contribution in [2.24, 2.45) is 0 Å². The van der Waals surface area contributed by atoms with Crippen LogP contribution in [0.15, 0.2) is 42.5 Å². The summed E-state index contributed by atoms with van der Waals surface area (Å²) in [7, 11) is 0. The molecule has 0 atom stereocenters. The van der Waals surface area contributed by atoms with Crippen LogP contribution >= 0.6 is 34.5 Å². The van der Waals surface area contributed by atoms with Gasteiger partial charge in [-0.2, -0.15) is 10.2 Å². The third-order valence-corrected chi connectivity index (χ3v) is 5.06. The average molecular weight is 387 g/mol. The zero-order chi connectivity index (χ0) is 17.6. The molecule has 4 aromatic rings. The van der Waals surface area contributed by atoms with Crippen LogP contribution in [0.2, 0.25) is 10.0 Å². The predicted molar refractivity (Wildman–Crippen MR) is 97.7 cm³/mol. The van der Waals surface area contributed by atoms with E-state index in [0.717, 1.165) is 10.2 Å². The normalized spacial score (nSPS) is 10.9. The van der Waals surface area contributed by atoms with Crippen molar-refractivity contribution in [3.05, 3.63) is 63.6 Å². The van der Waals surface area contributed by atoms with Crippen molar-refractivity contribution in [2.75, 3.05) is 0 Å². The van der Waals surface area contributed by atoms with Crippen molar-refractivity contribution in [3.8, 4) is 17.7 Å². The van der Waals surface area contributed by atoms with Crippen LogP contribution in [-0.2, 0) is 0 Å². The molecule has 0 aliphatic carbocycles. The first kappa shape index (κ1) is 15.9. The minimum absolute atomic E-state index is 0.0186. The lowest BCUT2D eigenvalue weighted by molar-refractivity contribution is 0.460. The van der Waals surface area contributed by atoms with E-state index in [0.29, 0.717) is 20.8 Å². The molecule has 2 aromatic heterocycles. The van der Waals surface area contributed by atoms with Crippen LogP contribution in [0.25, 0.3) is 15.2 Å². The Hall–Kier alpha value is -2.59. The Labute approximate surface area is 155 Å². The van der Waals surface area contributed by atoms with Gasteiger partial charge in [-0.15, -0.1) is 0 Å². The van der Waals surface area contributed by atoms with Crippen molar-refractivity contribution in [1.29, 1.82) is 10.7 Å². The number of nitriles is 1. The molecule has 0 bridgehead atoms. The minimum atomic E-state index is 0.0186. The molecule has 0 spiro atoms. The number of benzene rings is 2. The molecule has 2 heterocycles. The van der Waals surface area contributed by atoms with Crippen molar-refractivity contribution < 1.29 is 4.74 Å². The largest absolute Gasteiger partial charge is 0.437 e. The van der Waals surface area contributed by atoms with Crippen molar-refractivity contribution in [1.82, 2.24) is 9.38 Å². The van der Waals surface area contributed by atoms with Gasteiger partial charge in [-0.1, -0.05) is 34.5 Å². The average Bonchev–Trinajstić information content (AvgIpc) is 2.94. The molecule has 25 heavy (non-hydrogen) atoms. The fourth-order valence-electron chi connectivity index (χ4n) is 2.44. The third kappa shape index (κ3) is 2.72. The van der Waals surface area contributed by atoms with Crippen LogP contribution < -0.4 is 10.2 Å². The van der Waals surface area contributed by atoms with Gasteiger partial charge in [0, 0.05) is 10.0 Å². The Morgan fingerprint density at radius 3 is 2.56 bits per heavy atom. The molecule has 4 rings (SSSR count). The number of halogens is 2. The quantitative estimate of drug-likeness (QED) is 0.526. The summed E-state index contributed by atoms with van der Waals surface area (Å²) in [6, 6.07) is 14.1. The lowest BCUT2D eigenvalue weighted by Gasteiger charge is -2.07. The van der Waals surface area contributed by atoms with E-state index in [9.17, 15) is 5.26 Å². The Bertz CT molecular complexity index is 1220. The number of aromatic nitrogens is 2. The third-order valence-electron chi connectivity index (χ3n) is 3.57. The van der Waals surface area contributed by atoms with Gasteiger partial charge in [0.05, 0.1) is 10.2 Å². The maximum absolute atomic E-state index is 9.49. The van der Waals surface area contributed by atoms with Gasteiger partial charge >= 0.3 is 0 Å². The summed E-state index contributed by atoms with van der Waals surface area (Å²) in [6.07, 6.45) is 0. The molecule has 0 aliphatic heterocycles. The monoisotopic (exact) mass is 386 g/mol. The first-order chi connectivity index (χ1) is 12.1. The summed E-state index contributed by atoms with van der Waals surface area (Å²) >= 11 is 13.3. The number of hydrogen-bond donors (Lipinski definition) is 1. The molecular formula is C17H8Cl2N4OS. The molecule has 8 heteroatoms. The molecular weight excluding hydrogens is 379 g/mol. The molecule has 0 saturated heterocycles. The second-order valence-corrected chi connectivity index (χ2v) is 7.02. The van der Waals surface area contributed by atoms with Gasteiger partial charge in [0.15, 0.2) is 16.0 Å². The van der Waals surface area contributed by atoms with E-state index in [1.54, 1.807) is 40.8 Å². The molecule has 122 valence electrons. The number of hydrogen-bond acceptors (Lipinski definition) is 5. The summed E-state index contributed by atoms with van der Waals surface area (Å²) < 4.78 is 8.21. The maximum Gasteiger partial charge on any atom is 0.243 e. The van der Waals surface area contributed by atoms with Crippen molar-refractivity contribution in [3.63, 3.8) is 0 Å². The molecule has 1 N–H and O–H groups in total. The molecule has 2 aromatic carbocycles. The van der Waals surface area contributed by atoms with Crippen LogP contribution in [0.4, 0.5) is 0 Å². The zero-order valence-electron chi connectivity index (χ0n) is 12.5. The highest BCUT2D eigenvalue weighted by molar-refractivity contribution is 7.23. The van der Waals surface area contributed by atoms with E-state index in [-0.39, 0.29) is 16.9 Å². The molecule has 0 fully saturated rings. The summed E-state index contributed by atoms with van der Waals surface area (Å²) in [4.78, 5) is 4.98. The van der Waals surface area contributed by atoms with E-state index < -0.39 is 0 Å². The van der Waals surface area contributed by atoms with Crippen LogP contribution in [-0.4, -0.2) is 9.38 Å². The zero-order valence-corrected chi connectivity index (χ0v) is 14.8. The second-order valence-electron chi connectivity index (χ2n) is 5.14. The van der Waals surface area contributed by atoms with E-state index in [1.807, 2.05) is 12.1 Å². The number of ether oxygens (including phenoxy) is 1. The SMILES string of the molecule is N#Cc1c(Oc2ccc(Cl)cc2)nc2sc3cc(Cl)ccc3n2c1=N. The fraction of sp³-hybridized carbons (Fsp3) is 0. The lowest BCUT2D eigenvalue weighted by Crippen LogP contribution is -2.18. The number of thiazole rings is 1. The summed E-state index contributed by atoms with van der Waals surface area (Å²) in [5, 5.41) is 19.1. The fourth-order valence-corrected chi connectivity index (χ4v) is 3.85. The van der Waals surface area contributed by atoms with E-state index >= 15 is 0 Å². The van der Waals surface area contributed by atoms with Gasteiger partial charge in [0.2, 0.25) is 5.88 Å². The summed E-state index contributed by atoms with van der Waals surface area (Å²) in [5.74, 6) is 0.578. The van der Waals surface area contributed by atoms with Crippen LogP contribution in [0.3, 0.4) is 0 Å². The summed E-state index contributed by atoms with van der Waals surface area (Å²) in [5.41, 5.74) is 0.851. The predicted octanol–water partition coefficient (Wildman–Crippen LogP) is 5.00. The highest BCUT2D eigenvalue weighted by Gasteiger charge is 2.16. The van der Waals surface area contributed by atoms with Gasteiger partial charge in [0.25, 0.3) is 0 Å². The summed E-state index contributed by atoms with van der Waals surface area (Å²) in [6.45, 7) is 0. The molecule has 0 amide bonds. The Morgan fingerprint density at radius 1 is 1.12 bits per heavy atom. The van der Waals surface area contributed by atoms with Crippen molar-refractivity contribution in [2.45, 2.75) is 0 Å². The smallest absolute Gasteiger partial charge is 0.243 e. The number of nitrogens with one attached hydrogen (secondary N) is 1. The van der Waals surface area contributed by atoms with E-state index in [2.05, 4.69) is 4.98 Å². The lowest BCUT2D eigenvalue weighted by atomic mass is 10.3. The Balaban J connectivity index is 1.96. The topological polar surface area (TPSA) is 74.2 Å². The molecule has 0 unspecified atom stereocenters.